The highest BCUT2D eigenvalue weighted by Crippen LogP contribution is 2.15. The van der Waals surface area contributed by atoms with Crippen LogP contribution in [0.4, 0.5) is 0 Å². The van der Waals surface area contributed by atoms with Crippen molar-refractivity contribution < 1.29 is 4.79 Å². The van der Waals surface area contributed by atoms with Crippen molar-refractivity contribution in [2.75, 3.05) is 40.8 Å². The van der Waals surface area contributed by atoms with Gasteiger partial charge in [0.1, 0.15) is 5.78 Å². The van der Waals surface area contributed by atoms with E-state index < -0.39 is 0 Å². The molecule has 0 aliphatic carbocycles. The highest BCUT2D eigenvalue weighted by Gasteiger charge is 2.20. The summed E-state index contributed by atoms with van der Waals surface area (Å²) in [6, 6.07) is 0.821. The first kappa shape index (κ1) is 16.6. The van der Waals surface area contributed by atoms with Crippen molar-refractivity contribution in [3.05, 3.63) is 0 Å². The van der Waals surface area contributed by atoms with Gasteiger partial charge in [0.25, 0.3) is 0 Å². The fraction of sp³-hybridized carbons (Fsp3) is 0.933. The van der Waals surface area contributed by atoms with Gasteiger partial charge in [-0.05, 0) is 73.4 Å². The quantitative estimate of drug-likeness (QED) is 0.675. The molecule has 0 aromatic rings. The molecule has 112 valence electrons. The smallest absolute Gasteiger partial charge is 0.146 e. The number of unbranched alkanes of at least 4 members (excludes halogenated alkanes) is 1. The van der Waals surface area contributed by atoms with Crippen molar-refractivity contribution in [3.63, 3.8) is 0 Å². The molecule has 1 fully saturated rings. The van der Waals surface area contributed by atoms with Gasteiger partial charge in [-0.15, -0.1) is 0 Å². The molecule has 19 heavy (non-hydrogen) atoms. The van der Waals surface area contributed by atoms with E-state index in [0.717, 1.165) is 18.9 Å². The molecule has 1 aliphatic heterocycles. The topological polar surface area (TPSA) is 35.6 Å². The Hall–Kier alpha value is -0.450. The number of Topliss-reactive ketones (excluding diaryl/α,β-unsaturated/α-hetero) is 1. The van der Waals surface area contributed by atoms with Crippen molar-refractivity contribution in [1.82, 2.24) is 15.1 Å². The second-order valence-corrected chi connectivity index (χ2v) is 5.98. The number of hydrogen-bond donors (Lipinski definition) is 1. The summed E-state index contributed by atoms with van der Waals surface area (Å²) < 4.78 is 0. The number of piperidine rings is 1. The van der Waals surface area contributed by atoms with E-state index in [-0.39, 0.29) is 11.8 Å². The van der Waals surface area contributed by atoms with Gasteiger partial charge >= 0.3 is 0 Å². The largest absolute Gasteiger partial charge is 0.311 e. The van der Waals surface area contributed by atoms with Crippen LogP contribution in [-0.4, -0.2) is 68.4 Å². The lowest BCUT2D eigenvalue weighted by Crippen LogP contribution is -2.42. The molecule has 1 rings (SSSR count). The number of hydrogen-bond acceptors (Lipinski definition) is 4. The molecule has 1 heterocycles. The zero-order valence-electron chi connectivity index (χ0n) is 13.1. The van der Waals surface area contributed by atoms with Gasteiger partial charge in [-0.3, -0.25) is 4.79 Å². The number of carbonyl (C=O) groups excluding carboxylic acids is 1. The summed E-state index contributed by atoms with van der Waals surface area (Å²) in [5, 5.41) is 3.09. The first-order chi connectivity index (χ1) is 9.04. The summed E-state index contributed by atoms with van der Waals surface area (Å²) in [6.07, 6.45) is 5.90. The Morgan fingerprint density at radius 2 is 1.95 bits per heavy atom. The third kappa shape index (κ3) is 6.02. The first-order valence-electron chi connectivity index (χ1n) is 7.61. The lowest BCUT2D eigenvalue weighted by molar-refractivity contribution is -0.119. The van der Waals surface area contributed by atoms with E-state index in [2.05, 4.69) is 29.2 Å². The zero-order chi connectivity index (χ0) is 14.3. The molecule has 0 aromatic carbocycles. The maximum absolute atomic E-state index is 11.3. The van der Waals surface area contributed by atoms with Gasteiger partial charge < -0.3 is 15.1 Å². The minimum absolute atomic E-state index is 0.0551. The molecular weight excluding hydrogens is 238 g/mol. The van der Waals surface area contributed by atoms with Crippen LogP contribution in [0.2, 0.25) is 0 Å². The summed E-state index contributed by atoms with van der Waals surface area (Å²) in [7, 11) is 6.23. The van der Waals surface area contributed by atoms with Gasteiger partial charge in [0.15, 0.2) is 0 Å². The number of likely N-dealkylation sites (N-methyl/N-ethyl adjacent to an activating group) is 1. The van der Waals surface area contributed by atoms with Crippen molar-refractivity contribution in [2.24, 2.45) is 0 Å². The average molecular weight is 269 g/mol. The summed E-state index contributed by atoms with van der Waals surface area (Å²) in [5.74, 6) is 0.259. The number of ketones is 1. The maximum Gasteiger partial charge on any atom is 0.146 e. The minimum atomic E-state index is 0.0551. The molecule has 0 spiro atoms. The summed E-state index contributed by atoms with van der Waals surface area (Å²) in [4.78, 5) is 16.2. The lowest BCUT2D eigenvalue weighted by atomic mass is 10.0. The van der Waals surface area contributed by atoms with Gasteiger partial charge in [-0.1, -0.05) is 6.42 Å². The van der Waals surface area contributed by atoms with E-state index in [0.29, 0.717) is 0 Å². The number of carbonyl (C=O) groups is 1. The first-order valence-corrected chi connectivity index (χ1v) is 7.61. The Balaban J connectivity index is 2.09. The molecule has 0 radical (unpaired) electrons. The van der Waals surface area contributed by atoms with Gasteiger partial charge in [0, 0.05) is 6.04 Å². The Bertz CT molecular complexity index is 260. The Morgan fingerprint density at radius 1 is 1.32 bits per heavy atom. The molecule has 1 aliphatic rings. The standard InChI is InChI=1S/C15H31N3O/c1-13(19)15(16-2)7-5-6-10-18-11-8-14(9-12-18)17(3)4/h14-16H,5-12H2,1-4H3/t15-/m0/s1. The average Bonchev–Trinajstić information content (AvgIpc) is 2.38. The predicted molar refractivity (Wildman–Crippen MR) is 80.5 cm³/mol. The second-order valence-electron chi connectivity index (χ2n) is 5.98. The molecular formula is C15H31N3O. The van der Waals surface area contributed by atoms with Crippen LogP contribution in [0.25, 0.3) is 0 Å². The number of rotatable bonds is 8. The highest BCUT2D eigenvalue weighted by molar-refractivity contribution is 5.81. The molecule has 0 saturated carbocycles. The number of likely N-dealkylation sites (tertiary alicyclic amines) is 1. The van der Waals surface area contributed by atoms with E-state index in [1.807, 2.05) is 7.05 Å². The van der Waals surface area contributed by atoms with E-state index in [9.17, 15) is 4.79 Å². The SMILES string of the molecule is CN[C@@H](CCCCN1CCC(N(C)C)CC1)C(C)=O. The van der Waals surface area contributed by atoms with Gasteiger partial charge in [-0.25, -0.2) is 0 Å². The van der Waals surface area contributed by atoms with Crippen molar-refractivity contribution in [1.29, 1.82) is 0 Å². The number of nitrogens with one attached hydrogen (secondary N) is 1. The van der Waals surface area contributed by atoms with Gasteiger partial charge in [-0.2, -0.15) is 0 Å². The van der Waals surface area contributed by atoms with Crippen molar-refractivity contribution >= 4 is 5.78 Å². The van der Waals surface area contributed by atoms with E-state index in [4.69, 9.17) is 0 Å². The molecule has 0 aromatic heterocycles. The van der Waals surface area contributed by atoms with Gasteiger partial charge in [0.05, 0.1) is 6.04 Å². The van der Waals surface area contributed by atoms with Gasteiger partial charge in [0.2, 0.25) is 0 Å². The van der Waals surface area contributed by atoms with Crippen LogP contribution in [-0.2, 0) is 4.79 Å². The van der Waals surface area contributed by atoms with Crippen LogP contribution in [0.3, 0.4) is 0 Å². The van der Waals surface area contributed by atoms with Crippen LogP contribution >= 0.6 is 0 Å². The van der Waals surface area contributed by atoms with E-state index in [1.165, 1.54) is 38.9 Å². The third-order valence-corrected chi connectivity index (χ3v) is 4.34. The maximum atomic E-state index is 11.3. The Labute approximate surface area is 118 Å². The summed E-state index contributed by atoms with van der Waals surface area (Å²) in [6.45, 7) is 5.32. The monoisotopic (exact) mass is 269 g/mol. The summed E-state index contributed by atoms with van der Waals surface area (Å²) >= 11 is 0. The molecule has 4 nitrogen and oxygen atoms in total. The van der Waals surface area contributed by atoms with E-state index in [1.54, 1.807) is 6.92 Å². The Kier molecular flexibility index (Phi) is 7.57. The highest BCUT2D eigenvalue weighted by atomic mass is 16.1. The third-order valence-electron chi connectivity index (χ3n) is 4.34. The molecule has 0 bridgehead atoms. The Morgan fingerprint density at radius 3 is 2.42 bits per heavy atom. The fourth-order valence-electron chi connectivity index (χ4n) is 2.89. The predicted octanol–water partition coefficient (Wildman–Crippen LogP) is 1.36. The molecule has 0 amide bonds. The second kappa shape index (κ2) is 8.67. The molecule has 4 heteroatoms. The van der Waals surface area contributed by atoms with Crippen molar-refractivity contribution in [2.45, 2.75) is 51.1 Å². The molecule has 1 atom stereocenters. The molecule has 1 N–H and O–H groups in total. The number of nitrogens with zero attached hydrogens (tertiary/aromatic N) is 2. The van der Waals surface area contributed by atoms with Crippen LogP contribution in [0.5, 0.6) is 0 Å². The van der Waals surface area contributed by atoms with Crippen LogP contribution in [0.1, 0.15) is 39.0 Å². The molecule has 1 saturated heterocycles. The zero-order valence-corrected chi connectivity index (χ0v) is 13.1. The molecule has 0 unspecified atom stereocenters. The normalized spacial score (nSPS) is 19.8. The lowest BCUT2D eigenvalue weighted by Gasteiger charge is -2.35. The van der Waals surface area contributed by atoms with Crippen LogP contribution in [0.15, 0.2) is 0 Å². The van der Waals surface area contributed by atoms with E-state index >= 15 is 0 Å². The van der Waals surface area contributed by atoms with Crippen LogP contribution < -0.4 is 5.32 Å². The van der Waals surface area contributed by atoms with Crippen molar-refractivity contribution in [3.8, 4) is 0 Å². The van der Waals surface area contributed by atoms with Crippen LogP contribution in [0, 0.1) is 0 Å². The minimum Gasteiger partial charge on any atom is -0.311 e. The fourth-order valence-corrected chi connectivity index (χ4v) is 2.89. The summed E-state index contributed by atoms with van der Waals surface area (Å²) in [5.41, 5.74) is 0.